The molecule has 6 nitrogen and oxygen atoms in total. The number of aliphatic carboxylic acids is 1. The number of rotatable bonds is 6. The number of carboxylic acid groups (broad SMARTS) is 1. The number of benzene rings is 2. The predicted octanol–water partition coefficient (Wildman–Crippen LogP) is 3.22. The second-order valence-electron chi connectivity index (χ2n) is 5.75. The SMILES string of the molecule is CC(C)[C@](C(=O)O)(c1ccccc1)N(c1ccccc1)P(=O)(O)O. The van der Waals surface area contributed by atoms with E-state index in [0.29, 0.717) is 10.2 Å². The number of carbonyl (C=O) groups is 1. The lowest BCUT2D eigenvalue weighted by Crippen LogP contribution is -2.54. The highest BCUT2D eigenvalue weighted by molar-refractivity contribution is 7.53. The van der Waals surface area contributed by atoms with Gasteiger partial charge in [0.1, 0.15) is 0 Å². The standard InChI is InChI=1S/C17H20NO5P/c1-13(2)17(16(19)20,14-9-5-3-6-10-14)18(24(21,22)23)15-11-7-4-8-12-15/h3-13H,1-2H3,(H,19,20)(H2,21,22,23)/t17-/m1/s1. The number of hydrogen-bond acceptors (Lipinski definition) is 2. The summed E-state index contributed by atoms with van der Waals surface area (Å²) in [6, 6.07) is 16.1. The maximum Gasteiger partial charge on any atom is 0.431 e. The molecule has 0 saturated carbocycles. The van der Waals surface area contributed by atoms with Gasteiger partial charge in [-0.3, -0.25) is 4.67 Å². The molecule has 2 aromatic carbocycles. The van der Waals surface area contributed by atoms with Gasteiger partial charge in [0.05, 0.1) is 0 Å². The molecule has 0 saturated heterocycles. The molecule has 0 aliphatic heterocycles. The van der Waals surface area contributed by atoms with Crippen LogP contribution in [0.5, 0.6) is 0 Å². The average Bonchev–Trinajstić information content (AvgIpc) is 2.52. The summed E-state index contributed by atoms with van der Waals surface area (Å²) < 4.78 is 13.0. The first-order valence-electron chi connectivity index (χ1n) is 7.42. The lowest BCUT2D eigenvalue weighted by atomic mass is 9.79. The van der Waals surface area contributed by atoms with E-state index in [0.717, 1.165) is 0 Å². The van der Waals surface area contributed by atoms with Crippen LogP contribution in [0.4, 0.5) is 5.69 Å². The molecule has 0 bridgehead atoms. The molecule has 2 aromatic rings. The van der Waals surface area contributed by atoms with Crippen LogP contribution in [0.2, 0.25) is 0 Å². The van der Waals surface area contributed by atoms with Crippen molar-refractivity contribution in [3.05, 3.63) is 66.2 Å². The van der Waals surface area contributed by atoms with Crippen LogP contribution >= 0.6 is 7.75 Å². The van der Waals surface area contributed by atoms with E-state index < -0.39 is 25.2 Å². The molecule has 0 unspecified atom stereocenters. The Bertz CT molecular complexity index is 744. The van der Waals surface area contributed by atoms with Crippen molar-refractivity contribution in [3.8, 4) is 0 Å². The highest BCUT2D eigenvalue weighted by Gasteiger charge is 2.54. The fraction of sp³-hybridized carbons (Fsp3) is 0.235. The Balaban J connectivity index is 2.86. The Morgan fingerprint density at radius 1 is 1.00 bits per heavy atom. The first kappa shape index (κ1) is 18.2. The molecule has 24 heavy (non-hydrogen) atoms. The van der Waals surface area contributed by atoms with Crippen LogP contribution < -0.4 is 4.67 Å². The van der Waals surface area contributed by atoms with Crippen LogP contribution in [-0.4, -0.2) is 20.9 Å². The summed E-state index contributed by atoms with van der Waals surface area (Å²) in [5.74, 6) is -1.94. The Morgan fingerprint density at radius 3 is 1.83 bits per heavy atom. The van der Waals surface area contributed by atoms with Gasteiger partial charge in [-0.05, 0) is 23.6 Å². The van der Waals surface area contributed by atoms with E-state index in [1.165, 1.54) is 12.1 Å². The Kier molecular flexibility index (Phi) is 5.13. The monoisotopic (exact) mass is 349 g/mol. The number of nitrogens with zero attached hydrogens (tertiary/aromatic N) is 1. The van der Waals surface area contributed by atoms with Crippen molar-refractivity contribution in [1.29, 1.82) is 0 Å². The molecular weight excluding hydrogens is 329 g/mol. The molecule has 2 rings (SSSR count). The van der Waals surface area contributed by atoms with Crippen LogP contribution in [0.1, 0.15) is 19.4 Å². The smallest absolute Gasteiger partial charge is 0.431 e. The minimum Gasteiger partial charge on any atom is -0.479 e. The third-order valence-electron chi connectivity index (χ3n) is 3.97. The van der Waals surface area contributed by atoms with E-state index in [-0.39, 0.29) is 5.69 Å². The first-order valence-corrected chi connectivity index (χ1v) is 8.99. The Labute approximate surface area is 140 Å². The van der Waals surface area contributed by atoms with Crippen molar-refractivity contribution in [2.45, 2.75) is 19.4 Å². The number of para-hydroxylation sites is 1. The topological polar surface area (TPSA) is 98.1 Å². The molecule has 0 heterocycles. The molecule has 0 radical (unpaired) electrons. The second-order valence-corrected chi connectivity index (χ2v) is 7.18. The van der Waals surface area contributed by atoms with Gasteiger partial charge in [-0.25, -0.2) is 9.36 Å². The quantitative estimate of drug-likeness (QED) is 0.693. The Hall–Kier alpha value is -2.14. The zero-order chi connectivity index (χ0) is 18.0. The van der Waals surface area contributed by atoms with Gasteiger partial charge in [0.15, 0.2) is 5.54 Å². The van der Waals surface area contributed by atoms with Crippen molar-refractivity contribution in [2.24, 2.45) is 5.92 Å². The summed E-state index contributed by atoms with van der Waals surface area (Å²) >= 11 is 0. The fourth-order valence-corrected chi connectivity index (χ4v) is 4.26. The molecule has 3 N–H and O–H groups in total. The summed E-state index contributed by atoms with van der Waals surface area (Å²) in [6.07, 6.45) is 0. The summed E-state index contributed by atoms with van der Waals surface area (Å²) in [7, 11) is -4.94. The molecule has 0 aromatic heterocycles. The van der Waals surface area contributed by atoms with Gasteiger partial charge in [-0.2, -0.15) is 0 Å². The molecule has 0 spiro atoms. The van der Waals surface area contributed by atoms with Crippen LogP contribution in [0.3, 0.4) is 0 Å². The van der Waals surface area contributed by atoms with E-state index in [2.05, 4.69) is 0 Å². The second kappa shape index (κ2) is 6.77. The molecule has 0 aliphatic rings. The molecule has 0 aliphatic carbocycles. The lowest BCUT2D eigenvalue weighted by molar-refractivity contribution is -0.145. The highest BCUT2D eigenvalue weighted by Crippen LogP contribution is 2.54. The fourth-order valence-electron chi connectivity index (χ4n) is 2.98. The Morgan fingerprint density at radius 2 is 1.46 bits per heavy atom. The van der Waals surface area contributed by atoms with Gasteiger partial charge >= 0.3 is 13.7 Å². The van der Waals surface area contributed by atoms with Crippen molar-refractivity contribution in [2.75, 3.05) is 4.67 Å². The van der Waals surface area contributed by atoms with Crippen molar-refractivity contribution >= 4 is 19.4 Å². The molecule has 128 valence electrons. The molecule has 0 amide bonds. The van der Waals surface area contributed by atoms with Crippen LogP contribution in [0.15, 0.2) is 60.7 Å². The van der Waals surface area contributed by atoms with E-state index in [4.69, 9.17) is 0 Å². The summed E-state index contributed by atoms with van der Waals surface area (Å²) in [5.41, 5.74) is -1.47. The summed E-state index contributed by atoms with van der Waals surface area (Å²) in [5, 5.41) is 10.1. The van der Waals surface area contributed by atoms with Crippen molar-refractivity contribution < 1.29 is 24.3 Å². The van der Waals surface area contributed by atoms with Gasteiger partial charge < -0.3 is 14.9 Å². The maximum absolute atomic E-state index is 12.3. The van der Waals surface area contributed by atoms with Crippen molar-refractivity contribution in [3.63, 3.8) is 0 Å². The van der Waals surface area contributed by atoms with Crippen molar-refractivity contribution in [1.82, 2.24) is 0 Å². The van der Waals surface area contributed by atoms with Gasteiger partial charge in [-0.15, -0.1) is 0 Å². The zero-order valence-corrected chi connectivity index (χ0v) is 14.3. The lowest BCUT2D eigenvalue weighted by Gasteiger charge is -2.44. The van der Waals surface area contributed by atoms with Gasteiger partial charge in [0.25, 0.3) is 0 Å². The van der Waals surface area contributed by atoms with Gasteiger partial charge in [-0.1, -0.05) is 62.4 Å². The number of carboxylic acids is 1. The minimum atomic E-state index is -4.94. The van der Waals surface area contributed by atoms with E-state index in [1.807, 2.05) is 0 Å². The van der Waals surface area contributed by atoms with E-state index in [9.17, 15) is 24.3 Å². The third kappa shape index (κ3) is 3.08. The van der Waals surface area contributed by atoms with E-state index in [1.54, 1.807) is 62.4 Å². The van der Waals surface area contributed by atoms with E-state index >= 15 is 0 Å². The molecule has 1 atom stereocenters. The van der Waals surface area contributed by atoms with Crippen LogP contribution in [-0.2, 0) is 14.9 Å². The largest absolute Gasteiger partial charge is 0.479 e. The summed E-state index contributed by atoms with van der Waals surface area (Å²) in [6.45, 7) is 3.26. The third-order valence-corrected chi connectivity index (χ3v) is 5.04. The average molecular weight is 349 g/mol. The molecule has 0 fully saturated rings. The predicted molar refractivity (Wildman–Crippen MR) is 91.6 cm³/mol. The minimum absolute atomic E-state index is 0.144. The van der Waals surface area contributed by atoms with Crippen LogP contribution in [0, 0.1) is 5.92 Å². The first-order chi connectivity index (χ1) is 11.2. The molecule has 7 heteroatoms. The number of hydrogen-bond donors (Lipinski definition) is 3. The van der Waals surface area contributed by atoms with Gasteiger partial charge in [0.2, 0.25) is 0 Å². The highest BCUT2D eigenvalue weighted by atomic mass is 31.2. The maximum atomic E-state index is 12.3. The zero-order valence-electron chi connectivity index (χ0n) is 13.4. The van der Waals surface area contributed by atoms with Gasteiger partial charge in [0, 0.05) is 5.69 Å². The summed E-state index contributed by atoms with van der Waals surface area (Å²) in [4.78, 5) is 32.3. The van der Waals surface area contributed by atoms with Crippen LogP contribution in [0.25, 0.3) is 0 Å². The molecular formula is C17H20NO5P. The normalized spacial score (nSPS) is 14.2. The number of anilines is 1.